The van der Waals surface area contributed by atoms with Crippen molar-refractivity contribution in [3.05, 3.63) is 59.5 Å². The van der Waals surface area contributed by atoms with Gasteiger partial charge in [0.1, 0.15) is 17.1 Å². The normalized spacial score (nSPS) is 18.1. The Hall–Kier alpha value is -2.18. The maximum atomic E-state index is 12.6. The maximum Gasteiger partial charge on any atom is 0.213 e. The molecule has 1 aromatic carbocycles. The molecule has 120 valence electrons. The third kappa shape index (κ3) is 3.00. The van der Waals surface area contributed by atoms with Gasteiger partial charge in [-0.25, -0.2) is 4.21 Å². The second-order valence-electron chi connectivity index (χ2n) is 5.79. The highest BCUT2D eigenvalue weighted by atomic mass is 32.2. The van der Waals surface area contributed by atoms with E-state index in [0.717, 1.165) is 11.1 Å². The molecule has 0 aliphatic carbocycles. The summed E-state index contributed by atoms with van der Waals surface area (Å²) >= 11 is -1.89. The third-order valence-electron chi connectivity index (χ3n) is 3.63. The number of Topliss-reactive ketones (excluding diaryl/α,β-unsaturated/α-hetero) is 1. The van der Waals surface area contributed by atoms with Crippen molar-refractivity contribution >= 4 is 28.2 Å². The molecule has 0 spiro atoms. The Morgan fingerprint density at radius 3 is 2.43 bits per heavy atom. The summed E-state index contributed by atoms with van der Waals surface area (Å²) in [4.78, 5) is 12.6. The number of benzene rings is 1. The quantitative estimate of drug-likeness (QED) is 0.870. The fourth-order valence-electron chi connectivity index (χ4n) is 2.50. The lowest BCUT2D eigenvalue weighted by Crippen LogP contribution is -2.29. The lowest BCUT2D eigenvalue weighted by Gasteiger charge is -2.17. The summed E-state index contributed by atoms with van der Waals surface area (Å²) in [5.41, 5.74) is 0.919. The molecule has 0 bridgehead atoms. The molecule has 2 aromatic rings. The number of carbonyl (C=O) groups is 1. The number of carbonyl (C=O) groups excluding carboxylic acids is 1. The van der Waals surface area contributed by atoms with Crippen molar-refractivity contribution < 1.29 is 22.7 Å². The monoisotopic (exact) mass is 332 g/mol. The van der Waals surface area contributed by atoms with Gasteiger partial charge in [-0.2, -0.15) is 0 Å². The van der Waals surface area contributed by atoms with E-state index in [9.17, 15) is 9.00 Å². The van der Waals surface area contributed by atoms with Gasteiger partial charge in [-0.05, 0) is 31.5 Å². The van der Waals surface area contributed by atoms with Gasteiger partial charge in [-0.3, -0.25) is 4.79 Å². The van der Waals surface area contributed by atoms with Gasteiger partial charge in [-0.15, -0.1) is 0 Å². The summed E-state index contributed by atoms with van der Waals surface area (Å²) in [6, 6.07) is 10.5. The number of ketones is 1. The zero-order chi connectivity index (χ0) is 16.6. The predicted octanol–water partition coefficient (Wildman–Crippen LogP) is 3.25. The lowest BCUT2D eigenvalue weighted by molar-refractivity contribution is -0.125. The van der Waals surface area contributed by atoms with Crippen LogP contribution in [0.2, 0.25) is 0 Å². The van der Waals surface area contributed by atoms with Crippen molar-refractivity contribution in [1.29, 1.82) is 0 Å². The minimum Gasteiger partial charge on any atom is -0.478 e. The minimum absolute atomic E-state index is 0.0651. The summed E-state index contributed by atoms with van der Waals surface area (Å²) in [6.07, 6.45) is 1.51. The molecule has 0 radical (unpaired) electrons. The summed E-state index contributed by atoms with van der Waals surface area (Å²) in [5.74, 6) is 0.862. The number of hydrogen-bond donors (Lipinski definition) is 1. The van der Waals surface area contributed by atoms with Gasteiger partial charge in [-0.1, -0.05) is 24.3 Å². The van der Waals surface area contributed by atoms with Gasteiger partial charge >= 0.3 is 0 Å². The third-order valence-corrected chi connectivity index (χ3v) is 4.21. The highest BCUT2D eigenvalue weighted by Crippen LogP contribution is 2.41. The second kappa shape index (κ2) is 5.79. The van der Waals surface area contributed by atoms with Crippen LogP contribution in [0.25, 0.3) is 11.3 Å². The number of furan rings is 1. The van der Waals surface area contributed by atoms with Gasteiger partial charge in [0.25, 0.3) is 0 Å². The van der Waals surface area contributed by atoms with Crippen LogP contribution in [0.1, 0.15) is 30.7 Å². The first-order chi connectivity index (χ1) is 10.9. The smallest absolute Gasteiger partial charge is 0.213 e. The standard InChI is InChI=1S/C17H16O5S/c1-17(2)16(18)14(13-4-3-9-21-13)15(22-17)12-7-5-11(6-8-12)10-23(19)20/h3-9H,10H2,1-2H3,(H,19,20). The Balaban J connectivity index is 2.04. The van der Waals surface area contributed by atoms with Crippen molar-refractivity contribution in [2.45, 2.75) is 25.2 Å². The summed E-state index contributed by atoms with van der Waals surface area (Å²) in [5, 5.41) is 0. The highest BCUT2D eigenvalue weighted by molar-refractivity contribution is 7.78. The van der Waals surface area contributed by atoms with Gasteiger partial charge in [0.15, 0.2) is 16.7 Å². The zero-order valence-electron chi connectivity index (χ0n) is 12.7. The molecule has 0 saturated heterocycles. The molecular formula is C17H16O5S. The van der Waals surface area contributed by atoms with Crippen LogP contribution in [0.5, 0.6) is 0 Å². The van der Waals surface area contributed by atoms with E-state index in [1.165, 1.54) is 6.26 Å². The lowest BCUT2D eigenvalue weighted by atomic mass is 9.96. The molecule has 0 saturated carbocycles. The van der Waals surface area contributed by atoms with Crippen molar-refractivity contribution in [3.63, 3.8) is 0 Å². The van der Waals surface area contributed by atoms with Crippen molar-refractivity contribution in [2.24, 2.45) is 0 Å². The van der Waals surface area contributed by atoms with Crippen LogP contribution in [0.3, 0.4) is 0 Å². The van der Waals surface area contributed by atoms with E-state index in [-0.39, 0.29) is 11.5 Å². The van der Waals surface area contributed by atoms with Gasteiger partial charge < -0.3 is 13.7 Å². The molecule has 0 amide bonds. The van der Waals surface area contributed by atoms with E-state index in [2.05, 4.69) is 0 Å². The van der Waals surface area contributed by atoms with Crippen LogP contribution in [-0.4, -0.2) is 20.1 Å². The van der Waals surface area contributed by atoms with Crippen molar-refractivity contribution in [2.75, 3.05) is 0 Å². The van der Waals surface area contributed by atoms with E-state index < -0.39 is 16.7 Å². The van der Waals surface area contributed by atoms with E-state index in [1.807, 2.05) is 0 Å². The molecule has 1 aliphatic heterocycles. The largest absolute Gasteiger partial charge is 0.478 e. The van der Waals surface area contributed by atoms with E-state index >= 15 is 0 Å². The highest BCUT2D eigenvalue weighted by Gasteiger charge is 2.43. The molecule has 5 nitrogen and oxygen atoms in total. The van der Waals surface area contributed by atoms with E-state index in [4.69, 9.17) is 13.7 Å². The summed E-state index contributed by atoms with van der Waals surface area (Å²) < 4.78 is 31.0. The van der Waals surface area contributed by atoms with E-state index in [1.54, 1.807) is 50.2 Å². The Morgan fingerprint density at radius 2 is 1.87 bits per heavy atom. The molecule has 1 aromatic heterocycles. The molecule has 0 fully saturated rings. The SMILES string of the molecule is CC1(C)OC(c2ccc(CS(=O)O)cc2)=C(c2ccco2)C1=O. The Morgan fingerprint density at radius 1 is 1.17 bits per heavy atom. The molecule has 1 unspecified atom stereocenters. The Bertz CT molecular complexity index is 785. The fraction of sp³-hybridized carbons (Fsp3) is 0.235. The molecule has 1 aliphatic rings. The molecule has 6 heteroatoms. The summed E-state index contributed by atoms with van der Waals surface area (Å²) in [7, 11) is 0. The Labute approximate surface area is 136 Å². The maximum absolute atomic E-state index is 12.6. The summed E-state index contributed by atoms with van der Waals surface area (Å²) in [6.45, 7) is 3.43. The zero-order valence-corrected chi connectivity index (χ0v) is 13.6. The minimum atomic E-state index is -1.89. The van der Waals surface area contributed by atoms with E-state index in [0.29, 0.717) is 17.1 Å². The second-order valence-corrected chi connectivity index (χ2v) is 6.72. The van der Waals surface area contributed by atoms with Gasteiger partial charge in [0, 0.05) is 5.56 Å². The van der Waals surface area contributed by atoms with Gasteiger partial charge in [0.2, 0.25) is 5.78 Å². The molecule has 1 atom stereocenters. The van der Waals surface area contributed by atoms with Gasteiger partial charge in [0.05, 0.1) is 12.0 Å². The molecule has 1 N–H and O–H groups in total. The first-order valence-corrected chi connectivity index (χ1v) is 8.35. The van der Waals surface area contributed by atoms with Crippen LogP contribution in [0.4, 0.5) is 0 Å². The fourth-order valence-corrected chi connectivity index (χ4v) is 2.98. The first-order valence-electron chi connectivity index (χ1n) is 7.07. The number of ether oxygens (including phenoxy) is 1. The van der Waals surface area contributed by atoms with Crippen LogP contribution >= 0.6 is 0 Å². The van der Waals surface area contributed by atoms with Crippen LogP contribution < -0.4 is 0 Å². The molecule has 3 rings (SSSR count). The van der Waals surface area contributed by atoms with Crippen molar-refractivity contribution in [1.82, 2.24) is 0 Å². The topological polar surface area (TPSA) is 76.7 Å². The Kier molecular flexibility index (Phi) is 3.95. The first kappa shape index (κ1) is 15.7. The van der Waals surface area contributed by atoms with Crippen LogP contribution in [-0.2, 0) is 26.4 Å². The van der Waals surface area contributed by atoms with Crippen molar-refractivity contribution in [3.8, 4) is 0 Å². The number of hydrogen-bond acceptors (Lipinski definition) is 4. The van der Waals surface area contributed by atoms with Crippen LogP contribution in [0.15, 0.2) is 47.1 Å². The predicted molar refractivity (Wildman–Crippen MR) is 86.6 cm³/mol. The molecule has 23 heavy (non-hydrogen) atoms. The molecular weight excluding hydrogens is 316 g/mol. The average molecular weight is 332 g/mol. The average Bonchev–Trinajstić information content (AvgIpc) is 3.07. The molecule has 2 heterocycles. The van der Waals surface area contributed by atoms with Crippen LogP contribution in [0, 0.1) is 0 Å². The number of rotatable bonds is 4.